The average molecular weight is 495 g/mol. The van der Waals surface area contributed by atoms with Gasteiger partial charge in [-0.25, -0.2) is 4.79 Å². The molecule has 174 valence electrons. The van der Waals surface area contributed by atoms with Gasteiger partial charge in [0.15, 0.2) is 6.61 Å². The molecule has 0 bridgehead atoms. The highest BCUT2D eigenvalue weighted by Crippen LogP contribution is 2.28. The van der Waals surface area contributed by atoms with E-state index in [4.69, 9.17) is 16.3 Å². The number of benzene rings is 2. The van der Waals surface area contributed by atoms with Crippen molar-refractivity contribution >= 4 is 40.7 Å². The molecule has 1 aromatic heterocycles. The summed E-state index contributed by atoms with van der Waals surface area (Å²) in [6, 6.07) is 15.7. The van der Waals surface area contributed by atoms with Crippen LogP contribution in [0.25, 0.3) is 0 Å². The Hall–Kier alpha value is -3.16. The van der Waals surface area contributed by atoms with E-state index in [2.05, 4.69) is 0 Å². The zero-order chi connectivity index (χ0) is 23.7. The van der Waals surface area contributed by atoms with Crippen molar-refractivity contribution in [2.24, 2.45) is 0 Å². The molecule has 2 aliphatic heterocycles. The summed E-state index contributed by atoms with van der Waals surface area (Å²) in [5, 5.41) is 2.36. The van der Waals surface area contributed by atoms with Crippen LogP contribution in [0.1, 0.15) is 31.9 Å². The number of thiophene rings is 1. The molecule has 0 fully saturated rings. The summed E-state index contributed by atoms with van der Waals surface area (Å²) in [5.41, 5.74) is 3.44. The van der Waals surface area contributed by atoms with Crippen molar-refractivity contribution in [2.45, 2.75) is 32.0 Å². The van der Waals surface area contributed by atoms with Gasteiger partial charge in [0.25, 0.3) is 11.8 Å². The van der Waals surface area contributed by atoms with E-state index in [0.29, 0.717) is 30.1 Å². The molecular formula is C26H23ClN2O4S. The van der Waals surface area contributed by atoms with Gasteiger partial charge in [0.05, 0.1) is 10.6 Å². The fourth-order valence-corrected chi connectivity index (χ4v) is 5.62. The lowest BCUT2D eigenvalue weighted by atomic mass is 9.93. The number of esters is 1. The summed E-state index contributed by atoms with van der Waals surface area (Å²) in [4.78, 5) is 43.8. The van der Waals surface area contributed by atoms with Crippen molar-refractivity contribution < 1.29 is 19.1 Å². The van der Waals surface area contributed by atoms with Crippen LogP contribution in [-0.2, 0) is 40.3 Å². The Bertz CT molecular complexity index is 1260. The molecule has 0 saturated carbocycles. The maximum atomic E-state index is 13.4. The molecule has 0 radical (unpaired) electrons. The summed E-state index contributed by atoms with van der Waals surface area (Å²) in [5.74, 6) is -1.16. The lowest BCUT2D eigenvalue weighted by Crippen LogP contribution is -2.50. The molecule has 6 nitrogen and oxygen atoms in total. The van der Waals surface area contributed by atoms with Crippen molar-refractivity contribution in [1.29, 1.82) is 0 Å². The van der Waals surface area contributed by atoms with Gasteiger partial charge in [0, 0.05) is 30.9 Å². The third-order valence-corrected chi connectivity index (χ3v) is 7.74. The van der Waals surface area contributed by atoms with E-state index in [-0.39, 0.29) is 25.0 Å². The van der Waals surface area contributed by atoms with Crippen LogP contribution in [0.4, 0.5) is 0 Å². The van der Waals surface area contributed by atoms with E-state index in [1.54, 1.807) is 40.5 Å². The summed E-state index contributed by atoms with van der Waals surface area (Å²) in [6.07, 6.45) is 1.13. The minimum absolute atomic E-state index is 0.231. The molecule has 5 rings (SSSR count). The second-order valence-electron chi connectivity index (χ2n) is 8.44. The molecule has 2 aliphatic rings. The summed E-state index contributed by atoms with van der Waals surface area (Å²) < 4.78 is 5.47. The van der Waals surface area contributed by atoms with Gasteiger partial charge in [-0.05, 0) is 46.7 Å². The van der Waals surface area contributed by atoms with Gasteiger partial charge in [0.2, 0.25) is 0 Å². The van der Waals surface area contributed by atoms with Crippen LogP contribution in [0, 0.1) is 0 Å². The second-order valence-corrected chi connectivity index (χ2v) is 9.85. The number of hydrogen-bond acceptors (Lipinski definition) is 5. The first-order valence-corrected chi connectivity index (χ1v) is 12.4. The summed E-state index contributed by atoms with van der Waals surface area (Å²) >= 11 is 7.97. The maximum absolute atomic E-state index is 13.4. The summed E-state index contributed by atoms with van der Waals surface area (Å²) in [7, 11) is 0. The van der Waals surface area contributed by atoms with E-state index < -0.39 is 12.0 Å². The predicted molar refractivity (Wildman–Crippen MR) is 130 cm³/mol. The molecule has 3 heterocycles. The monoisotopic (exact) mass is 494 g/mol. The van der Waals surface area contributed by atoms with E-state index in [1.165, 1.54) is 9.78 Å². The van der Waals surface area contributed by atoms with Crippen LogP contribution in [0.2, 0.25) is 5.02 Å². The highest BCUT2D eigenvalue weighted by atomic mass is 35.5. The largest absolute Gasteiger partial charge is 0.454 e. The standard InChI is InChI=1S/C26H23ClN2O4S/c27-21-8-4-3-7-20(21)25(31)29-15-18-6-2-1-5-17(18)13-22(29)26(32)33-16-24(30)28-11-9-23-19(14-28)10-12-34-23/h1-8,10,12,22H,9,11,13-16H2/t22-/m0/s1. The van der Waals surface area contributed by atoms with Crippen LogP contribution in [0.5, 0.6) is 0 Å². The Morgan fingerprint density at radius 2 is 1.74 bits per heavy atom. The third kappa shape index (κ3) is 4.45. The fraction of sp³-hybridized carbons (Fsp3) is 0.269. The molecule has 2 aromatic carbocycles. The van der Waals surface area contributed by atoms with Gasteiger partial charge in [-0.15, -0.1) is 11.3 Å². The van der Waals surface area contributed by atoms with Crippen molar-refractivity contribution in [1.82, 2.24) is 9.80 Å². The van der Waals surface area contributed by atoms with Gasteiger partial charge in [-0.2, -0.15) is 0 Å². The van der Waals surface area contributed by atoms with Crippen LogP contribution >= 0.6 is 22.9 Å². The molecule has 2 amide bonds. The van der Waals surface area contributed by atoms with E-state index in [0.717, 1.165) is 23.1 Å². The first-order valence-electron chi connectivity index (χ1n) is 11.1. The van der Waals surface area contributed by atoms with E-state index in [9.17, 15) is 14.4 Å². The Morgan fingerprint density at radius 3 is 2.56 bits per heavy atom. The minimum Gasteiger partial charge on any atom is -0.454 e. The van der Waals surface area contributed by atoms with E-state index in [1.807, 2.05) is 35.7 Å². The first-order chi connectivity index (χ1) is 16.5. The molecule has 0 N–H and O–H groups in total. The molecule has 0 saturated heterocycles. The van der Waals surface area contributed by atoms with Crippen molar-refractivity contribution in [2.75, 3.05) is 13.2 Å². The molecule has 1 atom stereocenters. The number of carbonyl (C=O) groups excluding carboxylic acids is 3. The molecule has 8 heteroatoms. The quantitative estimate of drug-likeness (QED) is 0.512. The lowest BCUT2D eigenvalue weighted by molar-refractivity contribution is -0.156. The smallest absolute Gasteiger partial charge is 0.329 e. The number of amides is 2. The number of nitrogens with zero attached hydrogens (tertiary/aromatic N) is 2. The zero-order valence-corrected chi connectivity index (χ0v) is 20.0. The second kappa shape index (κ2) is 9.60. The van der Waals surface area contributed by atoms with Crippen molar-refractivity contribution in [3.05, 3.63) is 92.1 Å². The Kier molecular flexibility index (Phi) is 6.39. The predicted octanol–water partition coefficient (Wildman–Crippen LogP) is 4.10. The number of hydrogen-bond donors (Lipinski definition) is 0. The Labute approximate surface area is 206 Å². The maximum Gasteiger partial charge on any atom is 0.329 e. The fourth-order valence-electron chi connectivity index (χ4n) is 4.52. The van der Waals surface area contributed by atoms with Gasteiger partial charge in [0.1, 0.15) is 6.04 Å². The van der Waals surface area contributed by atoms with Gasteiger partial charge < -0.3 is 14.5 Å². The number of carbonyl (C=O) groups is 3. The third-order valence-electron chi connectivity index (χ3n) is 6.38. The van der Waals surface area contributed by atoms with Crippen molar-refractivity contribution in [3.63, 3.8) is 0 Å². The number of halogens is 1. The summed E-state index contributed by atoms with van der Waals surface area (Å²) in [6.45, 7) is 1.06. The van der Waals surface area contributed by atoms with Crippen LogP contribution in [0.15, 0.2) is 60.0 Å². The highest BCUT2D eigenvalue weighted by molar-refractivity contribution is 7.10. The first kappa shape index (κ1) is 22.6. The molecule has 0 unspecified atom stereocenters. The van der Waals surface area contributed by atoms with Crippen molar-refractivity contribution in [3.8, 4) is 0 Å². The number of fused-ring (bicyclic) bond motifs is 2. The number of ether oxygens (including phenoxy) is 1. The zero-order valence-electron chi connectivity index (χ0n) is 18.4. The van der Waals surface area contributed by atoms with Gasteiger partial charge in [-0.1, -0.05) is 48.0 Å². The Morgan fingerprint density at radius 1 is 0.971 bits per heavy atom. The van der Waals surface area contributed by atoms with Gasteiger partial charge >= 0.3 is 5.97 Å². The topological polar surface area (TPSA) is 66.9 Å². The molecule has 34 heavy (non-hydrogen) atoms. The highest BCUT2D eigenvalue weighted by Gasteiger charge is 2.37. The Balaban J connectivity index is 1.31. The average Bonchev–Trinajstić information content (AvgIpc) is 3.34. The molecule has 3 aromatic rings. The molecular weight excluding hydrogens is 472 g/mol. The molecule has 0 spiro atoms. The SMILES string of the molecule is O=C(OCC(=O)N1CCc2sccc2C1)[C@@H]1Cc2ccccc2CN1C(=O)c1ccccc1Cl. The van der Waals surface area contributed by atoms with Crippen LogP contribution < -0.4 is 0 Å². The van der Waals surface area contributed by atoms with Gasteiger partial charge in [-0.3, -0.25) is 9.59 Å². The molecule has 0 aliphatic carbocycles. The normalized spacial score (nSPS) is 17.0. The van der Waals surface area contributed by atoms with Crippen LogP contribution in [-0.4, -0.2) is 46.8 Å². The lowest BCUT2D eigenvalue weighted by Gasteiger charge is -2.35. The minimum atomic E-state index is -0.837. The van der Waals surface area contributed by atoms with E-state index >= 15 is 0 Å². The number of rotatable bonds is 4. The van der Waals surface area contributed by atoms with Crippen LogP contribution in [0.3, 0.4) is 0 Å².